The van der Waals surface area contributed by atoms with Gasteiger partial charge in [0.1, 0.15) is 6.61 Å². The number of imidazole rings is 1. The van der Waals surface area contributed by atoms with Gasteiger partial charge in [-0.3, -0.25) is 4.79 Å². The molecule has 0 aliphatic carbocycles. The van der Waals surface area contributed by atoms with E-state index >= 15 is 0 Å². The van der Waals surface area contributed by atoms with Crippen LogP contribution in [0.1, 0.15) is 5.56 Å². The van der Waals surface area contributed by atoms with Crippen LogP contribution in [0.2, 0.25) is 0 Å². The molecule has 1 aromatic heterocycles. The van der Waals surface area contributed by atoms with Crippen LogP contribution in [0.15, 0.2) is 67.3 Å². The van der Waals surface area contributed by atoms with Crippen LogP contribution in [-0.4, -0.2) is 28.2 Å². The number of fused-ring (bicyclic) bond motifs is 1. The number of nitrogens with one attached hydrogen (secondary N) is 1. The zero-order valence-electron chi connectivity index (χ0n) is 13.5. The van der Waals surface area contributed by atoms with Gasteiger partial charge in [0.25, 0.3) is 5.91 Å². The minimum absolute atomic E-state index is 0.199. The smallest absolute Gasteiger partial charge is 0.264 e. The van der Waals surface area contributed by atoms with E-state index in [4.69, 9.17) is 9.47 Å². The van der Waals surface area contributed by atoms with Gasteiger partial charge in [0, 0.05) is 18.9 Å². The van der Waals surface area contributed by atoms with Crippen LogP contribution >= 0.6 is 0 Å². The van der Waals surface area contributed by atoms with Gasteiger partial charge in [0.2, 0.25) is 6.10 Å². The molecule has 0 radical (unpaired) electrons. The molecule has 3 aromatic rings. The van der Waals surface area contributed by atoms with E-state index in [1.165, 1.54) is 0 Å². The Labute approximate surface area is 145 Å². The fraction of sp³-hybridized carbons (Fsp3) is 0.158. The summed E-state index contributed by atoms with van der Waals surface area (Å²) in [4.78, 5) is 16.5. The Morgan fingerprint density at radius 3 is 2.80 bits per heavy atom. The first-order valence-electron chi connectivity index (χ1n) is 8.04. The van der Waals surface area contributed by atoms with Crippen LogP contribution in [-0.2, 0) is 11.3 Å². The van der Waals surface area contributed by atoms with E-state index in [0.29, 0.717) is 18.0 Å². The van der Waals surface area contributed by atoms with Gasteiger partial charge in [-0.15, -0.1) is 0 Å². The molecule has 2 heterocycles. The largest absolute Gasteiger partial charge is 0.485 e. The predicted octanol–water partition coefficient (Wildman–Crippen LogP) is 2.33. The molecule has 0 unspecified atom stereocenters. The van der Waals surface area contributed by atoms with E-state index in [1.54, 1.807) is 18.6 Å². The van der Waals surface area contributed by atoms with Gasteiger partial charge in [-0.2, -0.15) is 0 Å². The zero-order valence-corrected chi connectivity index (χ0v) is 13.5. The Bertz CT molecular complexity index is 877. The van der Waals surface area contributed by atoms with Crippen molar-refractivity contribution in [2.75, 3.05) is 6.61 Å². The second-order valence-electron chi connectivity index (χ2n) is 5.68. The lowest BCUT2D eigenvalue weighted by Gasteiger charge is -2.25. The second-order valence-corrected chi connectivity index (χ2v) is 5.68. The second kappa shape index (κ2) is 6.68. The lowest BCUT2D eigenvalue weighted by molar-refractivity contribution is -0.130. The molecule has 25 heavy (non-hydrogen) atoms. The first-order valence-corrected chi connectivity index (χ1v) is 8.04. The third kappa shape index (κ3) is 3.19. The Morgan fingerprint density at radius 2 is 1.96 bits per heavy atom. The monoisotopic (exact) mass is 335 g/mol. The molecule has 0 saturated heterocycles. The summed E-state index contributed by atoms with van der Waals surface area (Å²) in [6.07, 6.45) is 4.67. The van der Waals surface area contributed by atoms with E-state index in [9.17, 15) is 4.79 Å². The first-order chi connectivity index (χ1) is 12.3. The summed E-state index contributed by atoms with van der Waals surface area (Å²) >= 11 is 0. The quantitative estimate of drug-likeness (QED) is 0.795. The van der Waals surface area contributed by atoms with Crippen molar-refractivity contribution in [2.24, 2.45) is 0 Å². The maximum Gasteiger partial charge on any atom is 0.264 e. The highest BCUT2D eigenvalue weighted by Gasteiger charge is 2.27. The molecule has 0 spiro atoms. The standard InChI is InChI=1S/C19H17N3O3/c23-19(18-12-24-16-7-3-4-8-17(16)25-18)21-11-14-5-1-2-6-15(14)22-10-9-20-13-22/h1-10,13,18H,11-12H2,(H,21,23)/t18-/m0/s1. The summed E-state index contributed by atoms with van der Waals surface area (Å²) in [7, 11) is 0. The summed E-state index contributed by atoms with van der Waals surface area (Å²) in [5, 5.41) is 2.92. The van der Waals surface area contributed by atoms with E-state index in [-0.39, 0.29) is 12.5 Å². The number of ether oxygens (including phenoxy) is 2. The lowest BCUT2D eigenvalue weighted by atomic mass is 10.1. The van der Waals surface area contributed by atoms with Gasteiger partial charge in [0.15, 0.2) is 11.5 Å². The van der Waals surface area contributed by atoms with E-state index < -0.39 is 6.10 Å². The number of para-hydroxylation sites is 3. The molecule has 0 fully saturated rings. The Balaban J connectivity index is 1.44. The number of nitrogens with zero attached hydrogens (tertiary/aromatic N) is 2. The van der Waals surface area contributed by atoms with Crippen molar-refractivity contribution in [2.45, 2.75) is 12.6 Å². The van der Waals surface area contributed by atoms with Gasteiger partial charge < -0.3 is 19.4 Å². The molecule has 1 aliphatic rings. The number of rotatable bonds is 4. The van der Waals surface area contributed by atoms with Gasteiger partial charge >= 0.3 is 0 Å². The van der Waals surface area contributed by atoms with Crippen molar-refractivity contribution in [3.8, 4) is 17.2 Å². The van der Waals surface area contributed by atoms with Crippen molar-refractivity contribution in [1.29, 1.82) is 0 Å². The van der Waals surface area contributed by atoms with E-state index in [1.807, 2.05) is 53.2 Å². The highest BCUT2D eigenvalue weighted by atomic mass is 16.6. The van der Waals surface area contributed by atoms with Crippen LogP contribution in [0.25, 0.3) is 5.69 Å². The normalized spacial score (nSPS) is 15.6. The van der Waals surface area contributed by atoms with E-state index in [2.05, 4.69) is 10.3 Å². The fourth-order valence-corrected chi connectivity index (χ4v) is 2.76. The number of carbonyl (C=O) groups excluding carboxylic acids is 1. The summed E-state index contributed by atoms with van der Waals surface area (Å²) in [6, 6.07) is 15.2. The van der Waals surface area contributed by atoms with Gasteiger partial charge in [-0.05, 0) is 23.8 Å². The average Bonchev–Trinajstić information content (AvgIpc) is 3.20. The molecule has 0 saturated carbocycles. The maximum atomic E-state index is 12.4. The molecule has 2 aromatic carbocycles. The maximum absolute atomic E-state index is 12.4. The summed E-state index contributed by atoms with van der Waals surface area (Å²) in [5.74, 6) is 1.06. The van der Waals surface area contributed by atoms with Crippen LogP contribution < -0.4 is 14.8 Å². The number of hydrogen-bond donors (Lipinski definition) is 1. The summed E-state index contributed by atoms with van der Waals surface area (Å²) in [6.45, 7) is 0.598. The number of amides is 1. The average molecular weight is 335 g/mol. The predicted molar refractivity (Wildman–Crippen MR) is 91.8 cm³/mol. The molecular weight excluding hydrogens is 318 g/mol. The topological polar surface area (TPSA) is 65.4 Å². The van der Waals surface area contributed by atoms with Crippen molar-refractivity contribution in [1.82, 2.24) is 14.9 Å². The molecule has 6 heteroatoms. The van der Waals surface area contributed by atoms with Crippen LogP contribution in [0.3, 0.4) is 0 Å². The highest BCUT2D eigenvalue weighted by molar-refractivity contribution is 5.81. The number of aromatic nitrogens is 2. The van der Waals surface area contributed by atoms with Crippen molar-refractivity contribution in [3.63, 3.8) is 0 Å². The van der Waals surface area contributed by atoms with Crippen molar-refractivity contribution in [3.05, 3.63) is 72.8 Å². The molecule has 0 bridgehead atoms. The van der Waals surface area contributed by atoms with Gasteiger partial charge in [-0.1, -0.05) is 30.3 Å². The van der Waals surface area contributed by atoms with Gasteiger partial charge in [-0.25, -0.2) is 4.98 Å². The minimum atomic E-state index is -0.657. The molecule has 1 amide bonds. The third-order valence-corrected chi connectivity index (χ3v) is 4.03. The first kappa shape index (κ1) is 15.3. The molecule has 1 aliphatic heterocycles. The SMILES string of the molecule is O=C(NCc1ccccc1-n1ccnc1)[C@@H]1COc2ccccc2O1. The Kier molecular flexibility index (Phi) is 4.08. The third-order valence-electron chi connectivity index (χ3n) is 4.03. The molecule has 1 atom stereocenters. The number of hydrogen-bond acceptors (Lipinski definition) is 4. The Morgan fingerprint density at radius 1 is 1.16 bits per heavy atom. The molecule has 1 N–H and O–H groups in total. The molecule has 6 nitrogen and oxygen atoms in total. The van der Waals surface area contributed by atoms with Gasteiger partial charge in [0.05, 0.1) is 12.0 Å². The minimum Gasteiger partial charge on any atom is -0.485 e. The summed E-state index contributed by atoms with van der Waals surface area (Å²) in [5.41, 5.74) is 1.97. The van der Waals surface area contributed by atoms with Crippen LogP contribution in [0.4, 0.5) is 0 Å². The van der Waals surface area contributed by atoms with Crippen LogP contribution in [0.5, 0.6) is 11.5 Å². The molecule has 4 rings (SSSR count). The lowest BCUT2D eigenvalue weighted by Crippen LogP contribution is -2.43. The van der Waals surface area contributed by atoms with Crippen LogP contribution in [0, 0.1) is 0 Å². The Hall–Kier alpha value is -3.28. The fourth-order valence-electron chi connectivity index (χ4n) is 2.76. The number of carbonyl (C=O) groups is 1. The number of benzene rings is 2. The van der Waals surface area contributed by atoms with Crippen molar-refractivity contribution < 1.29 is 14.3 Å². The molecular formula is C19H17N3O3. The highest BCUT2D eigenvalue weighted by Crippen LogP contribution is 2.30. The zero-order chi connectivity index (χ0) is 17.1. The van der Waals surface area contributed by atoms with Crippen molar-refractivity contribution >= 4 is 5.91 Å². The summed E-state index contributed by atoms with van der Waals surface area (Å²) < 4.78 is 13.2. The van der Waals surface area contributed by atoms with E-state index in [0.717, 1.165) is 11.3 Å². The molecule has 126 valence electrons.